The van der Waals surface area contributed by atoms with Crippen molar-refractivity contribution < 1.29 is 23.8 Å². The highest BCUT2D eigenvalue weighted by Crippen LogP contribution is 2.42. The van der Waals surface area contributed by atoms with Crippen molar-refractivity contribution >= 4 is 17.7 Å². The number of rotatable bonds is 12. The lowest BCUT2D eigenvalue weighted by molar-refractivity contribution is -0.0643. The van der Waals surface area contributed by atoms with Gasteiger partial charge in [-0.05, 0) is 57.6 Å². The minimum atomic E-state index is -1.44. The van der Waals surface area contributed by atoms with Crippen LogP contribution in [-0.4, -0.2) is 62.6 Å². The maximum Gasteiger partial charge on any atom is 0.410 e. The largest absolute Gasteiger partial charge is 0.445 e. The molecule has 2 fully saturated rings. The van der Waals surface area contributed by atoms with Gasteiger partial charge in [-0.3, -0.25) is 0 Å². The Bertz CT molecular complexity index is 823. The van der Waals surface area contributed by atoms with Crippen LogP contribution in [0.5, 0.6) is 0 Å². The molecule has 6 nitrogen and oxygen atoms in total. The molecule has 36 heavy (non-hydrogen) atoms. The topological polar surface area (TPSA) is 71.0 Å². The Morgan fingerprint density at radius 2 is 2.03 bits per heavy atom. The Kier molecular flexibility index (Phi) is 11.7. The van der Waals surface area contributed by atoms with Gasteiger partial charge in [0.25, 0.3) is 0 Å². The molecular formula is C28H44ClFN2O4. The summed E-state index contributed by atoms with van der Waals surface area (Å²) < 4.78 is 26.3. The third-order valence-corrected chi connectivity index (χ3v) is 8.24. The first-order valence-corrected chi connectivity index (χ1v) is 14.0. The Balaban J connectivity index is 1.72. The maximum atomic E-state index is 15.1. The molecule has 1 aliphatic carbocycles. The molecule has 1 saturated carbocycles. The van der Waals surface area contributed by atoms with Crippen molar-refractivity contribution in [1.29, 1.82) is 0 Å². The van der Waals surface area contributed by atoms with Crippen molar-refractivity contribution in [2.24, 2.45) is 11.8 Å². The Hall–Kier alpha value is -1.41. The summed E-state index contributed by atoms with van der Waals surface area (Å²) >= 11 is 6.09. The Morgan fingerprint density at radius 1 is 1.25 bits per heavy atom. The van der Waals surface area contributed by atoms with Crippen molar-refractivity contribution in [2.75, 3.05) is 40.4 Å². The van der Waals surface area contributed by atoms with Gasteiger partial charge >= 0.3 is 6.09 Å². The van der Waals surface area contributed by atoms with E-state index >= 15 is 4.39 Å². The number of amides is 1. The fourth-order valence-corrected chi connectivity index (χ4v) is 6.16. The predicted octanol–water partition coefficient (Wildman–Crippen LogP) is 5.89. The molecule has 8 heteroatoms. The van der Waals surface area contributed by atoms with Crippen LogP contribution in [0.3, 0.4) is 0 Å². The minimum Gasteiger partial charge on any atom is -0.445 e. The highest BCUT2D eigenvalue weighted by Gasteiger charge is 2.43. The molecular weight excluding hydrogens is 483 g/mol. The molecule has 2 aliphatic rings. The molecule has 1 aromatic carbocycles. The van der Waals surface area contributed by atoms with Crippen LogP contribution >= 0.6 is 11.6 Å². The number of ether oxygens (including phenoxy) is 2. The van der Waals surface area contributed by atoms with Crippen LogP contribution < -0.4 is 5.32 Å². The van der Waals surface area contributed by atoms with E-state index in [0.717, 1.165) is 19.3 Å². The summed E-state index contributed by atoms with van der Waals surface area (Å²) in [4.78, 5) is 14.9. The van der Waals surface area contributed by atoms with Gasteiger partial charge in [0.1, 0.15) is 11.9 Å². The number of nitrogens with one attached hydrogen (secondary N) is 1. The number of halogens is 2. The molecule has 1 saturated heterocycles. The third-order valence-electron chi connectivity index (χ3n) is 7.95. The van der Waals surface area contributed by atoms with Crippen LogP contribution in [0.1, 0.15) is 76.2 Å². The quantitative estimate of drug-likeness (QED) is 0.332. The molecule has 0 bridgehead atoms. The fourth-order valence-electron chi connectivity index (χ4n) is 5.98. The van der Waals surface area contributed by atoms with Gasteiger partial charge < -0.3 is 24.8 Å². The number of benzene rings is 1. The van der Waals surface area contributed by atoms with Crippen molar-refractivity contribution in [2.45, 2.75) is 82.3 Å². The molecule has 0 aromatic heterocycles. The van der Waals surface area contributed by atoms with E-state index in [-0.39, 0.29) is 28.7 Å². The van der Waals surface area contributed by atoms with Gasteiger partial charge in [0.05, 0.1) is 10.6 Å². The normalized spacial score (nSPS) is 21.7. The number of hydrogen-bond donors (Lipinski definition) is 2. The van der Waals surface area contributed by atoms with E-state index in [1.165, 1.54) is 38.2 Å². The first-order chi connectivity index (χ1) is 17.4. The summed E-state index contributed by atoms with van der Waals surface area (Å²) in [5.74, 6) is -0.313. The zero-order valence-electron chi connectivity index (χ0n) is 21.9. The number of carbonyl (C=O) groups excluding carboxylic acids is 1. The average molecular weight is 527 g/mol. The van der Waals surface area contributed by atoms with Crippen LogP contribution in [0.4, 0.5) is 9.18 Å². The summed E-state index contributed by atoms with van der Waals surface area (Å²) in [6, 6.07) is 4.77. The summed E-state index contributed by atoms with van der Waals surface area (Å²) in [6.45, 7) is 2.09. The number of likely N-dealkylation sites (N-methyl/N-ethyl adjacent to an activating group) is 1. The lowest BCUT2D eigenvalue weighted by Gasteiger charge is -2.43. The number of hydrogen-bond acceptors (Lipinski definition) is 5. The predicted molar refractivity (Wildman–Crippen MR) is 141 cm³/mol. The van der Waals surface area contributed by atoms with E-state index in [0.29, 0.717) is 51.4 Å². The highest BCUT2D eigenvalue weighted by atomic mass is 35.5. The minimum absolute atomic E-state index is 0.00693. The molecule has 3 atom stereocenters. The van der Waals surface area contributed by atoms with Crippen LogP contribution in [0.25, 0.3) is 0 Å². The zero-order valence-corrected chi connectivity index (χ0v) is 22.7. The average Bonchev–Trinajstić information content (AvgIpc) is 2.89. The van der Waals surface area contributed by atoms with Gasteiger partial charge in [-0.25, -0.2) is 9.18 Å². The van der Waals surface area contributed by atoms with Gasteiger partial charge in [0, 0.05) is 44.8 Å². The SMILES string of the molecule is CNCC(CC1CCCCC1)OC(=O)N1CCCC([C@@](O)(CCCCOC)c2cccc(Cl)c2F)C1. The number of nitrogens with zero attached hydrogens (tertiary/aromatic N) is 1. The van der Waals surface area contributed by atoms with Gasteiger partial charge in [-0.15, -0.1) is 0 Å². The van der Waals surface area contributed by atoms with E-state index in [4.69, 9.17) is 21.1 Å². The first-order valence-electron chi connectivity index (χ1n) is 13.6. The number of likely N-dealkylation sites (tertiary alicyclic amines) is 1. The number of carbonyl (C=O) groups is 1. The molecule has 1 aliphatic heterocycles. The van der Waals surface area contributed by atoms with Crippen molar-refractivity contribution in [3.05, 3.63) is 34.6 Å². The molecule has 1 heterocycles. The molecule has 204 valence electrons. The maximum absolute atomic E-state index is 15.1. The smallest absolute Gasteiger partial charge is 0.410 e. The second-order valence-electron chi connectivity index (χ2n) is 10.6. The Labute approximate surface area is 220 Å². The highest BCUT2D eigenvalue weighted by molar-refractivity contribution is 6.30. The molecule has 0 spiro atoms. The molecule has 1 aromatic rings. The molecule has 1 amide bonds. The molecule has 0 radical (unpaired) electrons. The van der Waals surface area contributed by atoms with Crippen LogP contribution in [0, 0.1) is 17.7 Å². The van der Waals surface area contributed by atoms with Gasteiger partial charge in [0.2, 0.25) is 0 Å². The molecule has 2 N–H and O–H groups in total. The van der Waals surface area contributed by atoms with Gasteiger partial charge in [-0.2, -0.15) is 0 Å². The van der Waals surface area contributed by atoms with Gasteiger partial charge in [0.15, 0.2) is 0 Å². The number of methoxy groups -OCH3 is 1. The molecule has 3 rings (SSSR count). The lowest BCUT2D eigenvalue weighted by atomic mass is 9.74. The molecule has 2 unspecified atom stereocenters. The van der Waals surface area contributed by atoms with Gasteiger partial charge in [-0.1, -0.05) is 55.8 Å². The van der Waals surface area contributed by atoms with E-state index in [1.54, 1.807) is 24.1 Å². The number of unbranched alkanes of at least 4 members (excludes halogenated alkanes) is 1. The number of piperidine rings is 1. The second kappa shape index (κ2) is 14.5. The monoisotopic (exact) mass is 526 g/mol. The van der Waals surface area contributed by atoms with E-state index in [2.05, 4.69) is 5.32 Å². The second-order valence-corrected chi connectivity index (χ2v) is 11.0. The van der Waals surface area contributed by atoms with Crippen LogP contribution in [0.15, 0.2) is 18.2 Å². The summed E-state index contributed by atoms with van der Waals surface area (Å²) in [7, 11) is 3.52. The van der Waals surface area contributed by atoms with E-state index < -0.39 is 11.4 Å². The lowest BCUT2D eigenvalue weighted by Crippen LogP contribution is -2.49. The third kappa shape index (κ3) is 7.80. The van der Waals surface area contributed by atoms with Crippen molar-refractivity contribution in [3.8, 4) is 0 Å². The van der Waals surface area contributed by atoms with E-state index in [1.807, 2.05) is 7.05 Å². The summed E-state index contributed by atoms with van der Waals surface area (Å²) in [6.07, 6.45) is 9.76. The zero-order chi connectivity index (χ0) is 26.0. The van der Waals surface area contributed by atoms with E-state index in [9.17, 15) is 9.90 Å². The summed E-state index contributed by atoms with van der Waals surface area (Å²) in [5, 5.41) is 15.1. The number of aliphatic hydroxyl groups is 1. The Morgan fingerprint density at radius 3 is 2.75 bits per heavy atom. The first kappa shape index (κ1) is 29.2. The summed E-state index contributed by atoms with van der Waals surface area (Å²) in [5.41, 5.74) is -1.23. The van der Waals surface area contributed by atoms with Crippen LogP contribution in [0.2, 0.25) is 5.02 Å². The fraction of sp³-hybridized carbons (Fsp3) is 0.750. The van der Waals surface area contributed by atoms with Crippen molar-refractivity contribution in [1.82, 2.24) is 10.2 Å². The van der Waals surface area contributed by atoms with Crippen LogP contribution in [-0.2, 0) is 15.1 Å². The van der Waals surface area contributed by atoms with Crippen molar-refractivity contribution in [3.63, 3.8) is 0 Å². The standard InChI is InChI=1S/C28H44ClFN2O4/c1-31-19-23(18-21-10-4-3-5-11-21)36-27(33)32-16-9-12-22(20-32)28(34,15-6-7-17-35-2)24-13-8-14-25(29)26(24)30/h8,13-14,21-23,31,34H,3-7,9-12,15-20H2,1-2H3/t22?,23?,28-/m0/s1.